The third kappa shape index (κ3) is 9.05. The van der Waals surface area contributed by atoms with E-state index < -0.39 is 20.6 Å². The first kappa shape index (κ1) is 18.1. The maximum absolute atomic E-state index is 11.9. The van der Waals surface area contributed by atoms with Crippen LogP contribution in [0, 0.1) is 5.92 Å². The number of nitrogens with one attached hydrogen (secondary N) is 1. The van der Waals surface area contributed by atoms with Gasteiger partial charge >= 0.3 is 0 Å². The van der Waals surface area contributed by atoms with Crippen molar-refractivity contribution in [2.75, 3.05) is 30.1 Å². The molecule has 0 radical (unpaired) electrons. The Bertz CT molecular complexity index is 341. The molecule has 18 heavy (non-hydrogen) atoms. The summed E-state index contributed by atoms with van der Waals surface area (Å²) < 4.78 is 34.0. The minimum Gasteiger partial charge on any atom is -0.313 e. The molecule has 0 aromatic rings. The molecule has 0 saturated heterocycles. The molecule has 0 rings (SSSR count). The van der Waals surface area contributed by atoms with Crippen LogP contribution < -0.4 is 5.32 Å². The lowest BCUT2D eigenvalue weighted by atomic mass is 10.0. The Hall–Kier alpha value is 0.0600. The van der Waals surface area contributed by atoms with Crippen molar-refractivity contribution in [1.29, 1.82) is 0 Å². The van der Waals surface area contributed by atoms with Crippen LogP contribution in [0.15, 0.2) is 0 Å². The normalized spacial score (nSPS) is 17.3. The van der Waals surface area contributed by atoms with Gasteiger partial charge in [0.2, 0.25) is 0 Å². The molecule has 0 aromatic carbocycles. The third-order valence-corrected chi connectivity index (χ3v) is 5.63. The Morgan fingerprint density at radius 2 is 1.89 bits per heavy atom. The van der Waals surface area contributed by atoms with Gasteiger partial charge in [0, 0.05) is 34.6 Å². The number of rotatable bonds is 10. The molecular formula is C12H27NO3S2. The predicted octanol–water partition coefficient (Wildman–Crippen LogP) is 1.19. The van der Waals surface area contributed by atoms with E-state index in [1.807, 2.05) is 0 Å². The lowest BCUT2D eigenvalue weighted by Crippen LogP contribution is -2.40. The van der Waals surface area contributed by atoms with Gasteiger partial charge in [-0.25, -0.2) is 8.42 Å². The molecule has 0 aliphatic rings. The van der Waals surface area contributed by atoms with Crippen LogP contribution in [0.4, 0.5) is 0 Å². The van der Waals surface area contributed by atoms with Crippen LogP contribution >= 0.6 is 0 Å². The summed E-state index contributed by atoms with van der Waals surface area (Å²) in [7, 11) is -4.08. The van der Waals surface area contributed by atoms with Crippen LogP contribution in [-0.4, -0.2) is 48.7 Å². The third-order valence-electron chi connectivity index (χ3n) is 3.03. The molecule has 0 bridgehead atoms. The molecule has 0 aliphatic carbocycles. The van der Waals surface area contributed by atoms with Crippen LogP contribution in [0.1, 0.15) is 33.6 Å². The molecular weight excluding hydrogens is 270 g/mol. The summed E-state index contributed by atoms with van der Waals surface area (Å²) in [6, 6.07) is 0.218. The zero-order valence-corrected chi connectivity index (χ0v) is 13.6. The molecule has 6 heteroatoms. The van der Waals surface area contributed by atoms with Gasteiger partial charge in [0.05, 0.1) is 5.75 Å². The molecule has 3 atom stereocenters. The first-order chi connectivity index (χ1) is 8.30. The zero-order valence-electron chi connectivity index (χ0n) is 11.9. The van der Waals surface area contributed by atoms with Gasteiger partial charge < -0.3 is 5.32 Å². The maximum atomic E-state index is 11.9. The minimum absolute atomic E-state index is 0.0145. The minimum atomic E-state index is -3.01. The topological polar surface area (TPSA) is 63.2 Å². The highest BCUT2D eigenvalue weighted by Gasteiger charge is 2.18. The average molecular weight is 297 g/mol. The van der Waals surface area contributed by atoms with E-state index in [0.29, 0.717) is 11.7 Å². The molecule has 0 heterocycles. The summed E-state index contributed by atoms with van der Waals surface area (Å²) in [4.78, 5) is 0. The summed E-state index contributed by atoms with van der Waals surface area (Å²) >= 11 is 0. The molecule has 0 amide bonds. The molecule has 0 aromatic heterocycles. The highest BCUT2D eigenvalue weighted by molar-refractivity contribution is 7.92. The molecule has 0 saturated carbocycles. The van der Waals surface area contributed by atoms with E-state index in [2.05, 4.69) is 26.1 Å². The van der Waals surface area contributed by atoms with Crippen molar-refractivity contribution in [3.05, 3.63) is 0 Å². The van der Waals surface area contributed by atoms with Crippen LogP contribution in [0.25, 0.3) is 0 Å². The highest BCUT2D eigenvalue weighted by atomic mass is 32.2. The summed E-state index contributed by atoms with van der Waals surface area (Å²) in [6.07, 6.45) is 3.26. The van der Waals surface area contributed by atoms with Crippen molar-refractivity contribution in [3.8, 4) is 0 Å². The fraction of sp³-hybridized carbons (Fsp3) is 1.00. The summed E-state index contributed by atoms with van der Waals surface area (Å²) in [5.74, 6) is 1.27. The SMILES string of the molecule is CCCNC(CS(=O)CCS(C)(=O)=O)C(C)CC. The Morgan fingerprint density at radius 3 is 2.33 bits per heavy atom. The second-order valence-electron chi connectivity index (χ2n) is 4.89. The van der Waals surface area contributed by atoms with Gasteiger partial charge in [-0.2, -0.15) is 0 Å². The standard InChI is InChI=1S/C12H27NO3S2/c1-5-7-13-12(11(3)6-2)10-17(14)8-9-18(4,15)16/h11-13H,5-10H2,1-4H3. The molecule has 0 fully saturated rings. The van der Waals surface area contributed by atoms with E-state index in [9.17, 15) is 12.6 Å². The fourth-order valence-electron chi connectivity index (χ4n) is 1.57. The molecule has 0 aliphatic heterocycles. The van der Waals surface area contributed by atoms with E-state index in [0.717, 1.165) is 19.4 Å². The van der Waals surface area contributed by atoms with Gasteiger partial charge in [-0.05, 0) is 18.9 Å². The molecule has 110 valence electrons. The molecule has 1 N–H and O–H groups in total. The lowest BCUT2D eigenvalue weighted by molar-refractivity contribution is 0.394. The second kappa shape index (κ2) is 9.04. The Morgan fingerprint density at radius 1 is 1.28 bits per heavy atom. The van der Waals surface area contributed by atoms with Crippen LogP contribution in [-0.2, 0) is 20.6 Å². The number of sulfone groups is 1. The van der Waals surface area contributed by atoms with E-state index in [1.54, 1.807) is 0 Å². The molecule has 3 unspecified atom stereocenters. The maximum Gasteiger partial charge on any atom is 0.148 e. The van der Waals surface area contributed by atoms with E-state index >= 15 is 0 Å². The fourth-order valence-corrected chi connectivity index (χ4v) is 4.53. The monoisotopic (exact) mass is 297 g/mol. The van der Waals surface area contributed by atoms with Crippen molar-refractivity contribution in [3.63, 3.8) is 0 Å². The van der Waals surface area contributed by atoms with Crippen LogP contribution in [0.5, 0.6) is 0 Å². The van der Waals surface area contributed by atoms with Crippen molar-refractivity contribution in [2.24, 2.45) is 5.92 Å². The van der Waals surface area contributed by atoms with Crippen molar-refractivity contribution in [2.45, 2.75) is 39.7 Å². The average Bonchev–Trinajstić information content (AvgIpc) is 2.30. The molecule has 4 nitrogen and oxygen atoms in total. The summed E-state index contributed by atoms with van der Waals surface area (Å²) in [6.45, 7) is 7.27. The number of hydrogen-bond acceptors (Lipinski definition) is 4. The summed E-state index contributed by atoms with van der Waals surface area (Å²) in [5, 5.41) is 3.41. The van der Waals surface area contributed by atoms with Crippen molar-refractivity contribution in [1.82, 2.24) is 5.32 Å². The zero-order chi connectivity index (χ0) is 14.2. The van der Waals surface area contributed by atoms with Gasteiger partial charge in [0.15, 0.2) is 0 Å². The quantitative estimate of drug-likeness (QED) is 0.658. The van der Waals surface area contributed by atoms with Gasteiger partial charge in [-0.3, -0.25) is 4.21 Å². The van der Waals surface area contributed by atoms with Gasteiger partial charge in [-0.15, -0.1) is 0 Å². The van der Waals surface area contributed by atoms with E-state index in [1.165, 1.54) is 6.26 Å². The lowest BCUT2D eigenvalue weighted by Gasteiger charge is -2.23. The van der Waals surface area contributed by atoms with Gasteiger partial charge in [-0.1, -0.05) is 27.2 Å². The highest BCUT2D eigenvalue weighted by Crippen LogP contribution is 2.09. The van der Waals surface area contributed by atoms with Crippen molar-refractivity contribution >= 4 is 20.6 Å². The molecule has 0 spiro atoms. The number of hydrogen-bond donors (Lipinski definition) is 1. The predicted molar refractivity (Wildman–Crippen MR) is 79.1 cm³/mol. The first-order valence-electron chi connectivity index (χ1n) is 6.56. The first-order valence-corrected chi connectivity index (χ1v) is 10.1. The largest absolute Gasteiger partial charge is 0.313 e. The van der Waals surface area contributed by atoms with Crippen LogP contribution in [0.2, 0.25) is 0 Å². The van der Waals surface area contributed by atoms with E-state index in [4.69, 9.17) is 0 Å². The summed E-state index contributed by atoms with van der Waals surface area (Å²) in [5.41, 5.74) is 0. The van der Waals surface area contributed by atoms with Crippen molar-refractivity contribution < 1.29 is 12.6 Å². The van der Waals surface area contributed by atoms with Gasteiger partial charge in [0.25, 0.3) is 0 Å². The Kier molecular flexibility index (Phi) is 9.07. The Labute approximate surface area is 114 Å². The van der Waals surface area contributed by atoms with Gasteiger partial charge in [0.1, 0.15) is 9.84 Å². The Balaban J connectivity index is 4.25. The second-order valence-corrected chi connectivity index (χ2v) is 8.77. The van der Waals surface area contributed by atoms with E-state index in [-0.39, 0.29) is 17.5 Å². The smallest absolute Gasteiger partial charge is 0.148 e. The van der Waals surface area contributed by atoms with Crippen LogP contribution in [0.3, 0.4) is 0 Å².